The van der Waals surface area contributed by atoms with Crippen molar-refractivity contribution in [3.8, 4) is 0 Å². The zero-order chi connectivity index (χ0) is 13.0. The molecule has 94 valence electrons. The quantitative estimate of drug-likeness (QED) is 0.899. The van der Waals surface area contributed by atoms with Crippen LogP contribution in [0.5, 0.6) is 0 Å². The Bertz CT molecular complexity index is 523. The number of aryl methyl sites for hydroxylation is 2. The van der Waals surface area contributed by atoms with Gasteiger partial charge in [0.05, 0.1) is 11.4 Å². The van der Waals surface area contributed by atoms with Crippen LogP contribution in [0.1, 0.15) is 22.5 Å². The molecule has 2 rings (SSSR count). The monoisotopic (exact) mass is 245 g/mol. The number of nitrogens with zero attached hydrogens (tertiary/aromatic N) is 2. The molecule has 0 bridgehead atoms. The van der Waals surface area contributed by atoms with E-state index in [1.165, 1.54) is 6.07 Å². The molecule has 1 aromatic carbocycles. The van der Waals surface area contributed by atoms with Gasteiger partial charge >= 0.3 is 0 Å². The van der Waals surface area contributed by atoms with Crippen LogP contribution >= 0.6 is 0 Å². The van der Waals surface area contributed by atoms with Crippen molar-refractivity contribution < 1.29 is 4.39 Å². The summed E-state index contributed by atoms with van der Waals surface area (Å²) in [6, 6.07) is 5.14. The second-order valence-electron chi connectivity index (χ2n) is 4.34. The lowest BCUT2D eigenvalue weighted by Crippen LogP contribution is -2.14. The largest absolute Gasteiger partial charge is 0.307 e. The minimum absolute atomic E-state index is 0.164. The third-order valence-corrected chi connectivity index (χ3v) is 2.69. The van der Waals surface area contributed by atoms with Gasteiger partial charge in [0.1, 0.15) is 5.82 Å². The molecule has 0 unspecified atom stereocenters. The lowest BCUT2D eigenvalue weighted by molar-refractivity contribution is 0.615. The van der Waals surface area contributed by atoms with Gasteiger partial charge in [0.15, 0.2) is 0 Å². The summed E-state index contributed by atoms with van der Waals surface area (Å²) in [5, 5.41) is 3.26. The summed E-state index contributed by atoms with van der Waals surface area (Å²) < 4.78 is 13.1. The van der Waals surface area contributed by atoms with E-state index in [0.717, 1.165) is 17.0 Å². The Labute approximate surface area is 106 Å². The average molecular weight is 245 g/mol. The first-order valence-electron chi connectivity index (χ1n) is 5.88. The first-order chi connectivity index (χ1) is 8.65. The lowest BCUT2D eigenvalue weighted by atomic mass is 10.1. The first-order valence-corrected chi connectivity index (χ1v) is 5.88. The molecule has 18 heavy (non-hydrogen) atoms. The molecule has 0 amide bonds. The summed E-state index contributed by atoms with van der Waals surface area (Å²) in [6.45, 7) is 5.02. The summed E-state index contributed by atoms with van der Waals surface area (Å²) >= 11 is 0. The van der Waals surface area contributed by atoms with Crippen LogP contribution in [-0.4, -0.2) is 9.97 Å². The van der Waals surface area contributed by atoms with E-state index in [2.05, 4.69) is 15.3 Å². The number of hydrogen-bond acceptors (Lipinski definition) is 3. The molecule has 0 atom stereocenters. The summed E-state index contributed by atoms with van der Waals surface area (Å²) in [4.78, 5) is 8.43. The van der Waals surface area contributed by atoms with Crippen molar-refractivity contribution in [2.24, 2.45) is 0 Å². The fourth-order valence-electron chi connectivity index (χ4n) is 1.66. The van der Waals surface area contributed by atoms with Crippen LogP contribution in [0.2, 0.25) is 0 Å². The lowest BCUT2D eigenvalue weighted by Gasteiger charge is -2.06. The molecule has 1 heterocycles. The van der Waals surface area contributed by atoms with Crippen molar-refractivity contribution in [2.45, 2.75) is 26.9 Å². The molecule has 1 aromatic heterocycles. The molecule has 0 fully saturated rings. The predicted octanol–water partition coefficient (Wildman–Crippen LogP) is 2.52. The Kier molecular flexibility index (Phi) is 3.99. The molecule has 3 nitrogen and oxygen atoms in total. The first kappa shape index (κ1) is 12.6. The number of aromatic nitrogens is 2. The van der Waals surface area contributed by atoms with Crippen LogP contribution in [-0.2, 0) is 13.1 Å². The van der Waals surface area contributed by atoms with Crippen molar-refractivity contribution in [3.63, 3.8) is 0 Å². The number of benzene rings is 1. The summed E-state index contributed by atoms with van der Waals surface area (Å²) in [5.74, 6) is -0.164. The highest BCUT2D eigenvalue weighted by Crippen LogP contribution is 2.09. The van der Waals surface area contributed by atoms with Gasteiger partial charge in [-0.15, -0.1) is 0 Å². The van der Waals surface area contributed by atoms with E-state index in [9.17, 15) is 4.39 Å². The molecule has 0 aliphatic carbocycles. The number of rotatable bonds is 4. The van der Waals surface area contributed by atoms with Gasteiger partial charge in [0, 0.05) is 25.5 Å². The van der Waals surface area contributed by atoms with Crippen LogP contribution in [0.25, 0.3) is 0 Å². The Morgan fingerprint density at radius 3 is 2.61 bits per heavy atom. The van der Waals surface area contributed by atoms with Gasteiger partial charge in [-0.2, -0.15) is 0 Å². The van der Waals surface area contributed by atoms with Gasteiger partial charge in [-0.3, -0.25) is 9.97 Å². The maximum atomic E-state index is 13.1. The molecule has 2 aromatic rings. The molecule has 0 saturated heterocycles. The van der Waals surface area contributed by atoms with Gasteiger partial charge in [0.25, 0.3) is 0 Å². The highest BCUT2D eigenvalue weighted by molar-refractivity contribution is 5.23. The molecule has 0 radical (unpaired) electrons. The second kappa shape index (κ2) is 5.69. The van der Waals surface area contributed by atoms with Crippen molar-refractivity contribution in [1.82, 2.24) is 15.3 Å². The molecule has 4 heteroatoms. The Morgan fingerprint density at radius 1 is 1.11 bits per heavy atom. The molecule has 1 N–H and O–H groups in total. The second-order valence-corrected chi connectivity index (χ2v) is 4.34. The smallest absolute Gasteiger partial charge is 0.126 e. The minimum Gasteiger partial charge on any atom is -0.307 e. The van der Waals surface area contributed by atoms with Crippen LogP contribution in [0, 0.1) is 19.7 Å². The number of nitrogens with one attached hydrogen (secondary N) is 1. The van der Waals surface area contributed by atoms with Crippen LogP contribution in [0.3, 0.4) is 0 Å². The SMILES string of the molecule is Cc1cnc(CNCc2ccc(F)c(C)c2)cn1. The maximum absolute atomic E-state index is 13.1. The van der Waals surface area contributed by atoms with Gasteiger partial charge in [-0.25, -0.2) is 4.39 Å². The Hall–Kier alpha value is -1.81. The van der Waals surface area contributed by atoms with Crippen molar-refractivity contribution in [2.75, 3.05) is 0 Å². The molecular formula is C14H16FN3. The van der Waals surface area contributed by atoms with E-state index in [1.807, 2.05) is 13.0 Å². The third-order valence-electron chi connectivity index (χ3n) is 2.69. The van der Waals surface area contributed by atoms with E-state index in [1.54, 1.807) is 25.4 Å². The summed E-state index contributed by atoms with van der Waals surface area (Å²) in [6.07, 6.45) is 3.51. The molecular weight excluding hydrogens is 229 g/mol. The van der Waals surface area contributed by atoms with E-state index < -0.39 is 0 Å². The highest BCUT2D eigenvalue weighted by atomic mass is 19.1. The summed E-state index contributed by atoms with van der Waals surface area (Å²) in [5.41, 5.74) is 3.55. The van der Waals surface area contributed by atoms with Crippen LogP contribution < -0.4 is 5.32 Å². The number of halogens is 1. The number of hydrogen-bond donors (Lipinski definition) is 1. The van der Waals surface area contributed by atoms with Crippen molar-refractivity contribution in [3.05, 3.63) is 58.9 Å². The van der Waals surface area contributed by atoms with E-state index >= 15 is 0 Å². The molecule has 0 spiro atoms. The van der Waals surface area contributed by atoms with Crippen LogP contribution in [0.15, 0.2) is 30.6 Å². The maximum Gasteiger partial charge on any atom is 0.126 e. The standard InChI is InChI=1S/C14H16FN3/c1-10-5-12(3-4-14(10)15)7-16-8-13-9-17-11(2)6-18-13/h3-6,9,16H,7-8H2,1-2H3. The van der Waals surface area contributed by atoms with Gasteiger partial charge < -0.3 is 5.32 Å². The molecule has 0 aliphatic heterocycles. The fourth-order valence-corrected chi connectivity index (χ4v) is 1.66. The Morgan fingerprint density at radius 2 is 1.94 bits per heavy atom. The normalized spacial score (nSPS) is 10.6. The summed E-state index contributed by atoms with van der Waals surface area (Å²) in [7, 11) is 0. The van der Waals surface area contributed by atoms with Crippen molar-refractivity contribution in [1.29, 1.82) is 0 Å². The van der Waals surface area contributed by atoms with Gasteiger partial charge in [0.2, 0.25) is 0 Å². The Balaban J connectivity index is 1.88. The zero-order valence-electron chi connectivity index (χ0n) is 10.6. The zero-order valence-corrected chi connectivity index (χ0v) is 10.6. The van der Waals surface area contributed by atoms with Crippen molar-refractivity contribution >= 4 is 0 Å². The topological polar surface area (TPSA) is 37.8 Å². The van der Waals surface area contributed by atoms with Crippen LogP contribution in [0.4, 0.5) is 4.39 Å². The fraction of sp³-hybridized carbons (Fsp3) is 0.286. The third kappa shape index (κ3) is 3.34. The van der Waals surface area contributed by atoms with E-state index in [0.29, 0.717) is 18.7 Å². The highest BCUT2D eigenvalue weighted by Gasteiger charge is 1.99. The molecule has 0 aliphatic rings. The van der Waals surface area contributed by atoms with Gasteiger partial charge in [-0.1, -0.05) is 12.1 Å². The van der Waals surface area contributed by atoms with E-state index in [-0.39, 0.29) is 5.82 Å². The average Bonchev–Trinajstić information content (AvgIpc) is 2.36. The minimum atomic E-state index is -0.164. The van der Waals surface area contributed by atoms with E-state index in [4.69, 9.17) is 0 Å². The molecule has 0 saturated carbocycles. The predicted molar refractivity (Wildman–Crippen MR) is 68.4 cm³/mol. The van der Waals surface area contributed by atoms with Gasteiger partial charge in [-0.05, 0) is 31.0 Å².